The number of nitrogens with one attached hydrogen (secondary N) is 1. The predicted octanol–water partition coefficient (Wildman–Crippen LogP) is 6.36. The number of para-hydroxylation sites is 1. The zero-order chi connectivity index (χ0) is 21.8. The van der Waals surface area contributed by atoms with E-state index in [1.807, 2.05) is 6.07 Å². The summed E-state index contributed by atoms with van der Waals surface area (Å²) in [5.41, 5.74) is 3.16. The number of rotatable bonds is 8. The molecule has 32 heavy (non-hydrogen) atoms. The monoisotopic (exact) mass is 473 g/mol. The summed E-state index contributed by atoms with van der Waals surface area (Å²) in [6.07, 6.45) is 4.89. The van der Waals surface area contributed by atoms with Gasteiger partial charge < -0.3 is 15.1 Å². The van der Waals surface area contributed by atoms with Gasteiger partial charge in [0.15, 0.2) is 0 Å². The Balaban J connectivity index is 0.00000289. The van der Waals surface area contributed by atoms with Crippen molar-refractivity contribution in [3.05, 3.63) is 48.0 Å². The molecular weight excluding hydrogens is 438 g/mol. The Hall–Kier alpha value is -1.69. The van der Waals surface area contributed by atoms with Gasteiger partial charge in [-0.3, -0.25) is 4.79 Å². The number of halogens is 1. The summed E-state index contributed by atoms with van der Waals surface area (Å²) in [5, 5.41) is 3.14. The molecule has 2 heterocycles. The van der Waals surface area contributed by atoms with Crippen LogP contribution in [0.4, 0.5) is 11.4 Å². The van der Waals surface area contributed by atoms with Crippen molar-refractivity contribution in [2.24, 2.45) is 5.92 Å². The highest BCUT2D eigenvalue weighted by Crippen LogP contribution is 2.49. The minimum atomic E-state index is 0. The van der Waals surface area contributed by atoms with Crippen LogP contribution in [0.2, 0.25) is 0 Å². The van der Waals surface area contributed by atoms with Gasteiger partial charge in [-0.05, 0) is 75.5 Å². The molecule has 0 aliphatic carbocycles. The summed E-state index contributed by atoms with van der Waals surface area (Å²) in [4.78, 5) is 20.4. The van der Waals surface area contributed by atoms with Gasteiger partial charge in [0.1, 0.15) is 0 Å². The molecule has 0 spiro atoms. The van der Waals surface area contributed by atoms with Gasteiger partial charge in [0.05, 0.1) is 11.4 Å². The second-order valence-corrected chi connectivity index (χ2v) is 10.2. The van der Waals surface area contributed by atoms with Crippen LogP contribution in [0.15, 0.2) is 52.3 Å². The molecule has 1 saturated heterocycles. The van der Waals surface area contributed by atoms with E-state index in [0.717, 1.165) is 37.2 Å². The van der Waals surface area contributed by atoms with E-state index in [1.165, 1.54) is 41.4 Å². The molecule has 4 rings (SSSR count). The molecule has 1 amide bonds. The van der Waals surface area contributed by atoms with Crippen molar-refractivity contribution in [2.45, 2.75) is 62.3 Å². The fourth-order valence-electron chi connectivity index (χ4n) is 4.78. The summed E-state index contributed by atoms with van der Waals surface area (Å²) in [7, 11) is 0. The van der Waals surface area contributed by atoms with Gasteiger partial charge >= 0.3 is 0 Å². The van der Waals surface area contributed by atoms with Crippen LogP contribution < -0.4 is 10.2 Å². The average Bonchev–Trinajstić information content (AvgIpc) is 3.28. The van der Waals surface area contributed by atoms with E-state index in [2.05, 4.69) is 72.3 Å². The molecule has 0 saturated carbocycles. The van der Waals surface area contributed by atoms with E-state index in [4.69, 9.17) is 0 Å². The zero-order valence-corrected chi connectivity index (χ0v) is 21.1. The Morgan fingerprint density at radius 1 is 1.06 bits per heavy atom. The van der Waals surface area contributed by atoms with E-state index in [0.29, 0.717) is 12.0 Å². The Bertz CT molecular complexity index is 916. The lowest BCUT2D eigenvalue weighted by Crippen LogP contribution is -2.40. The number of hydrogen-bond donors (Lipinski definition) is 1. The molecule has 1 N–H and O–H groups in total. The van der Waals surface area contributed by atoms with Crippen LogP contribution in [0.3, 0.4) is 0 Å². The molecule has 0 bridgehead atoms. The predicted molar refractivity (Wildman–Crippen MR) is 138 cm³/mol. The first kappa shape index (κ1) is 24.9. The van der Waals surface area contributed by atoms with Crippen LogP contribution in [0.5, 0.6) is 0 Å². The molecule has 1 unspecified atom stereocenters. The van der Waals surface area contributed by atoms with Gasteiger partial charge in [0, 0.05) is 34.5 Å². The maximum atomic E-state index is 12.9. The highest BCUT2D eigenvalue weighted by molar-refractivity contribution is 7.99. The van der Waals surface area contributed by atoms with Gasteiger partial charge in [-0.25, -0.2) is 0 Å². The van der Waals surface area contributed by atoms with Gasteiger partial charge in [-0.1, -0.05) is 44.2 Å². The summed E-state index contributed by atoms with van der Waals surface area (Å²) in [6.45, 7) is 10.9. The third kappa shape index (κ3) is 5.62. The molecule has 6 heteroatoms. The number of amides is 1. The lowest BCUT2D eigenvalue weighted by atomic mass is 10.1. The second kappa shape index (κ2) is 11.4. The summed E-state index contributed by atoms with van der Waals surface area (Å²) in [5.74, 6) is 0.535. The van der Waals surface area contributed by atoms with Crippen LogP contribution in [0, 0.1) is 5.92 Å². The number of benzene rings is 2. The lowest BCUT2D eigenvalue weighted by molar-refractivity contribution is 0.0947. The first-order valence-corrected chi connectivity index (χ1v) is 12.6. The van der Waals surface area contributed by atoms with Gasteiger partial charge in [-0.2, -0.15) is 0 Å². The van der Waals surface area contributed by atoms with Crippen LogP contribution in [-0.2, 0) is 0 Å². The van der Waals surface area contributed by atoms with Crippen molar-refractivity contribution >= 4 is 41.5 Å². The zero-order valence-electron chi connectivity index (χ0n) is 19.5. The van der Waals surface area contributed by atoms with E-state index < -0.39 is 0 Å². The Labute approximate surface area is 203 Å². The van der Waals surface area contributed by atoms with Crippen LogP contribution in [0.25, 0.3) is 0 Å². The van der Waals surface area contributed by atoms with E-state index >= 15 is 0 Å². The Morgan fingerprint density at radius 3 is 2.53 bits per heavy atom. The number of carbonyl (C=O) groups excluding carboxylic acids is 1. The highest BCUT2D eigenvalue weighted by Gasteiger charge is 2.29. The summed E-state index contributed by atoms with van der Waals surface area (Å²) < 4.78 is 0. The number of fused-ring (bicyclic) bond motifs is 2. The number of anilines is 2. The number of nitrogens with zero attached hydrogens (tertiary/aromatic N) is 2. The van der Waals surface area contributed by atoms with Crippen LogP contribution in [-0.4, -0.2) is 43.0 Å². The lowest BCUT2D eigenvalue weighted by Gasteiger charge is -2.39. The molecule has 4 nitrogen and oxygen atoms in total. The quantitative estimate of drug-likeness (QED) is 0.483. The molecule has 2 aliphatic rings. The van der Waals surface area contributed by atoms with Crippen molar-refractivity contribution < 1.29 is 4.79 Å². The summed E-state index contributed by atoms with van der Waals surface area (Å²) >= 11 is 1.80. The maximum Gasteiger partial charge on any atom is 0.251 e. The SMILES string of the molecule is CCCC(C)CNC(=O)c1ccc2c(c1)N([C@H](C)CN1CCCC1)c1ccccc1S2.Cl. The molecule has 2 aromatic rings. The topological polar surface area (TPSA) is 35.6 Å². The average molecular weight is 474 g/mol. The van der Waals surface area contributed by atoms with Crippen molar-refractivity contribution in [3.63, 3.8) is 0 Å². The third-order valence-electron chi connectivity index (χ3n) is 6.38. The second-order valence-electron chi connectivity index (χ2n) is 9.08. The molecule has 2 aromatic carbocycles. The van der Waals surface area contributed by atoms with Crippen LogP contribution in [0.1, 0.15) is 56.8 Å². The number of carbonyl (C=O) groups is 1. The first-order valence-electron chi connectivity index (χ1n) is 11.8. The van der Waals surface area contributed by atoms with Crippen molar-refractivity contribution in [3.8, 4) is 0 Å². The fraction of sp³-hybridized carbons (Fsp3) is 0.500. The minimum absolute atomic E-state index is 0. The normalized spacial score (nSPS) is 17.2. The molecule has 2 aliphatic heterocycles. The smallest absolute Gasteiger partial charge is 0.251 e. The Morgan fingerprint density at radius 2 is 1.78 bits per heavy atom. The van der Waals surface area contributed by atoms with Gasteiger partial charge in [-0.15, -0.1) is 12.4 Å². The van der Waals surface area contributed by atoms with Gasteiger partial charge in [0.2, 0.25) is 0 Å². The van der Waals surface area contributed by atoms with Crippen molar-refractivity contribution in [1.29, 1.82) is 0 Å². The van der Waals surface area contributed by atoms with E-state index in [1.54, 1.807) is 11.8 Å². The fourth-order valence-corrected chi connectivity index (χ4v) is 5.84. The third-order valence-corrected chi connectivity index (χ3v) is 7.51. The molecule has 0 aromatic heterocycles. The first-order chi connectivity index (χ1) is 15.1. The summed E-state index contributed by atoms with van der Waals surface area (Å²) in [6, 6.07) is 15.2. The molecule has 2 atom stereocenters. The molecular formula is C26H36ClN3OS. The van der Waals surface area contributed by atoms with Crippen molar-refractivity contribution in [1.82, 2.24) is 10.2 Å². The molecule has 174 valence electrons. The Kier molecular flexibility index (Phi) is 8.92. The largest absolute Gasteiger partial charge is 0.352 e. The minimum Gasteiger partial charge on any atom is -0.352 e. The number of likely N-dealkylation sites (tertiary alicyclic amines) is 1. The van der Waals surface area contributed by atoms with Gasteiger partial charge in [0.25, 0.3) is 5.91 Å². The molecule has 0 radical (unpaired) electrons. The van der Waals surface area contributed by atoms with E-state index in [-0.39, 0.29) is 18.3 Å². The van der Waals surface area contributed by atoms with E-state index in [9.17, 15) is 4.79 Å². The standard InChI is InChI=1S/C26H35N3OS.ClH/c1-4-9-19(2)17-27-26(30)21-12-13-25-23(16-21)29(20(3)18-28-14-7-8-15-28)22-10-5-6-11-24(22)31-25;/h5-6,10-13,16,19-20H,4,7-9,14-15,17-18H2,1-3H3,(H,27,30);1H/t19?,20-;/m1./s1. The number of hydrogen-bond acceptors (Lipinski definition) is 4. The molecule has 1 fully saturated rings. The maximum absolute atomic E-state index is 12.9. The highest BCUT2D eigenvalue weighted by atomic mass is 35.5. The van der Waals surface area contributed by atoms with Crippen molar-refractivity contribution in [2.75, 3.05) is 31.1 Å². The van der Waals surface area contributed by atoms with Crippen LogP contribution >= 0.6 is 24.2 Å².